The standard InChI is InChI=1S/C29H34FN3O5S/c1-5-21(2)31-29(35)22(3)32(19-23-9-7-6-8-10-23)28(34)20-33(25-13-11-24(30)12-14-25)39(36,37)27-17-15-26(38-4)16-18-27/h6-18,21-22H,5,19-20H2,1-4H3,(H,31,35)/t21-,22+/m1/s1. The summed E-state index contributed by atoms with van der Waals surface area (Å²) < 4.78 is 47.3. The third-order valence-electron chi connectivity index (χ3n) is 6.40. The highest BCUT2D eigenvalue weighted by molar-refractivity contribution is 7.92. The zero-order valence-electron chi connectivity index (χ0n) is 22.5. The number of hydrogen-bond acceptors (Lipinski definition) is 5. The van der Waals surface area contributed by atoms with Gasteiger partial charge in [0.05, 0.1) is 17.7 Å². The van der Waals surface area contributed by atoms with Crippen LogP contribution in [0.25, 0.3) is 0 Å². The highest BCUT2D eigenvalue weighted by Crippen LogP contribution is 2.26. The fraction of sp³-hybridized carbons (Fsp3) is 0.310. The van der Waals surface area contributed by atoms with Gasteiger partial charge in [0.15, 0.2) is 0 Å². The molecule has 0 radical (unpaired) electrons. The number of benzene rings is 3. The molecule has 1 N–H and O–H groups in total. The number of rotatable bonds is 12. The molecule has 0 unspecified atom stereocenters. The van der Waals surface area contributed by atoms with E-state index in [2.05, 4.69) is 5.32 Å². The number of anilines is 1. The van der Waals surface area contributed by atoms with Gasteiger partial charge in [-0.25, -0.2) is 12.8 Å². The van der Waals surface area contributed by atoms with Gasteiger partial charge in [-0.15, -0.1) is 0 Å². The molecule has 10 heteroatoms. The molecule has 0 bridgehead atoms. The normalized spacial score (nSPS) is 12.7. The summed E-state index contributed by atoms with van der Waals surface area (Å²) in [6, 6.07) is 18.7. The number of carbonyl (C=O) groups is 2. The van der Waals surface area contributed by atoms with E-state index in [9.17, 15) is 22.4 Å². The summed E-state index contributed by atoms with van der Waals surface area (Å²) in [6.07, 6.45) is 0.712. The highest BCUT2D eigenvalue weighted by Gasteiger charge is 2.32. The van der Waals surface area contributed by atoms with Crippen molar-refractivity contribution < 1.29 is 27.1 Å². The topological polar surface area (TPSA) is 96.0 Å². The molecule has 3 rings (SSSR count). The monoisotopic (exact) mass is 555 g/mol. The summed E-state index contributed by atoms with van der Waals surface area (Å²) in [5, 5.41) is 2.89. The van der Waals surface area contributed by atoms with Crippen molar-refractivity contribution in [1.82, 2.24) is 10.2 Å². The van der Waals surface area contributed by atoms with Gasteiger partial charge in [-0.1, -0.05) is 37.3 Å². The molecule has 3 aromatic carbocycles. The van der Waals surface area contributed by atoms with Gasteiger partial charge >= 0.3 is 0 Å². The summed E-state index contributed by atoms with van der Waals surface area (Å²) in [5.41, 5.74) is 0.886. The van der Waals surface area contributed by atoms with E-state index < -0.39 is 34.3 Å². The second-order valence-corrected chi connectivity index (χ2v) is 11.0. The Kier molecular flexibility index (Phi) is 10.1. The second kappa shape index (κ2) is 13.2. The maximum Gasteiger partial charge on any atom is 0.264 e. The van der Waals surface area contributed by atoms with E-state index in [1.54, 1.807) is 6.92 Å². The fourth-order valence-corrected chi connectivity index (χ4v) is 5.25. The number of nitrogens with zero attached hydrogens (tertiary/aromatic N) is 2. The zero-order chi connectivity index (χ0) is 28.6. The van der Waals surface area contributed by atoms with Crippen molar-refractivity contribution >= 4 is 27.5 Å². The molecule has 0 spiro atoms. The van der Waals surface area contributed by atoms with Crippen molar-refractivity contribution in [2.75, 3.05) is 18.0 Å². The lowest BCUT2D eigenvalue weighted by Crippen LogP contribution is -2.52. The van der Waals surface area contributed by atoms with Crippen molar-refractivity contribution in [2.45, 2.75) is 50.7 Å². The Bertz CT molecular complexity index is 1350. The minimum atomic E-state index is -4.26. The van der Waals surface area contributed by atoms with Crippen LogP contribution >= 0.6 is 0 Å². The van der Waals surface area contributed by atoms with Crippen LogP contribution in [0.15, 0.2) is 83.8 Å². The molecule has 0 aromatic heterocycles. The number of amides is 2. The van der Waals surface area contributed by atoms with Crippen LogP contribution in [0.5, 0.6) is 5.75 Å². The molecule has 0 aliphatic carbocycles. The Morgan fingerprint density at radius 1 is 0.949 bits per heavy atom. The average Bonchev–Trinajstić information content (AvgIpc) is 2.95. The predicted molar refractivity (Wildman–Crippen MR) is 148 cm³/mol. The number of halogens is 1. The molecule has 2 amide bonds. The minimum Gasteiger partial charge on any atom is -0.497 e. The van der Waals surface area contributed by atoms with Crippen molar-refractivity contribution in [3.63, 3.8) is 0 Å². The van der Waals surface area contributed by atoms with Crippen LogP contribution in [0.4, 0.5) is 10.1 Å². The Morgan fingerprint density at radius 3 is 2.13 bits per heavy atom. The zero-order valence-corrected chi connectivity index (χ0v) is 23.3. The lowest BCUT2D eigenvalue weighted by atomic mass is 10.1. The van der Waals surface area contributed by atoms with E-state index in [0.29, 0.717) is 12.2 Å². The molecule has 8 nitrogen and oxygen atoms in total. The van der Waals surface area contributed by atoms with E-state index in [0.717, 1.165) is 22.0 Å². The summed E-state index contributed by atoms with van der Waals surface area (Å²) >= 11 is 0. The molecule has 0 saturated heterocycles. The SMILES string of the molecule is CC[C@@H](C)NC(=O)[C@H](C)N(Cc1ccccc1)C(=O)CN(c1ccc(F)cc1)S(=O)(=O)c1ccc(OC)cc1. The number of sulfonamides is 1. The quantitative estimate of drug-likeness (QED) is 0.358. The van der Waals surface area contributed by atoms with Crippen LogP contribution in [0.1, 0.15) is 32.8 Å². The molecule has 0 aliphatic heterocycles. The maximum atomic E-state index is 13.8. The summed E-state index contributed by atoms with van der Waals surface area (Å²) in [5.74, 6) is -1.02. The molecule has 39 heavy (non-hydrogen) atoms. The Balaban J connectivity index is 2.00. The molecule has 208 valence electrons. The van der Waals surface area contributed by atoms with Crippen molar-refractivity contribution in [3.8, 4) is 5.75 Å². The lowest BCUT2D eigenvalue weighted by molar-refractivity contribution is -0.139. The Hall–Kier alpha value is -3.92. The van der Waals surface area contributed by atoms with Gasteiger partial charge in [-0.05, 0) is 74.4 Å². The van der Waals surface area contributed by atoms with Crippen LogP contribution in [-0.2, 0) is 26.2 Å². The Labute approximate surface area is 229 Å². The molecule has 0 aliphatic rings. The van der Waals surface area contributed by atoms with Crippen LogP contribution in [0, 0.1) is 5.82 Å². The number of ether oxygens (including phenoxy) is 1. The molecule has 0 saturated carbocycles. The van der Waals surface area contributed by atoms with Gasteiger partial charge in [0.1, 0.15) is 24.2 Å². The summed E-state index contributed by atoms with van der Waals surface area (Å²) in [6.45, 7) is 4.90. The molecule has 0 fully saturated rings. The minimum absolute atomic E-state index is 0.0717. The first kappa shape index (κ1) is 29.6. The van der Waals surface area contributed by atoms with E-state index in [1.165, 1.54) is 48.4 Å². The molecule has 2 atom stereocenters. The van der Waals surface area contributed by atoms with Crippen molar-refractivity contribution in [3.05, 3.63) is 90.2 Å². The third-order valence-corrected chi connectivity index (χ3v) is 8.19. The average molecular weight is 556 g/mol. The van der Waals surface area contributed by atoms with Gasteiger partial charge in [0, 0.05) is 12.6 Å². The smallest absolute Gasteiger partial charge is 0.264 e. The second-order valence-electron chi connectivity index (χ2n) is 9.16. The van der Waals surface area contributed by atoms with Gasteiger partial charge < -0.3 is 15.0 Å². The van der Waals surface area contributed by atoms with Gasteiger partial charge in [-0.3, -0.25) is 13.9 Å². The summed E-state index contributed by atoms with van der Waals surface area (Å²) in [4.78, 5) is 28.1. The summed E-state index contributed by atoms with van der Waals surface area (Å²) in [7, 11) is -2.79. The lowest BCUT2D eigenvalue weighted by Gasteiger charge is -2.32. The predicted octanol–water partition coefficient (Wildman–Crippen LogP) is 4.36. The van der Waals surface area contributed by atoms with E-state index in [-0.39, 0.29) is 29.1 Å². The third kappa shape index (κ3) is 7.57. The van der Waals surface area contributed by atoms with Crippen LogP contribution in [0.3, 0.4) is 0 Å². The van der Waals surface area contributed by atoms with E-state index in [1.807, 2.05) is 44.2 Å². The number of methoxy groups -OCH3 is 1. The van der Waals surface area contributed by atoms with Gasteiger partial charge in [-0.2, -0.15) is 0 Å². The van der Waals surface area contributed by atoms with E-state index >= 15 is 0 Å². The van der Waals surface area contributed by atoms with Crippen molar-refractivity contribution in [2.24, 2.45) is 0 Å². The first-order valence-electron chi connectivity index (χ1n) is 12.6. The van der Waals surface area contributed by atoms with Gasteiger partial charge in [0.2, 0.25) is 11.8 Å². The molecular formula is C29H34FN3O5S. The first-order chi connectivity index (χ1) is 18.6. The fourth-order valence-electron chi connectivity index (χ4n) is 3.84. The van der Waals surface area contributed by atoms with Crippen molar-refractivity contribution in [1.29, 1.82) is 0 Å². The number of nitrogens with one attached hydrogen (secondary N) is 1. The Morgan fingerprint density at radius 2 is 1.56 bits per heavy atom. The van der Waals surface area contributed by atoms with Crippen LogP contribution in [0.2, 0.25) is 0 Å². The number of hydrogen-bond donors (Lipinski definition) is 1. The largest absolute Gasteiger partial charge is 0.497 e. The first-order valence-corrected chi connectivity index (χ1v) is 14.1. The van der Waals surface area contributed by atoms with E-state index in [4.69, 9.17) is 4.74 Å². The molecule has 3 aromatic rings. The van der Waals surface area contributed by atoms with Crippen LogP contribution < -0.4 is 14.4 Å². The molecule has 0 heterocycles. The van der Waals surface area contributed by atoms with Gasteiger partial charge in [0.25, 0.3) is 10.0 Å². The maximum absolute atomic E-state index is 13.8. The number of carbonyl (C=O) groups excluding carboxylic acids is 2. The highest BCUT2D eigenvalue weighted by atomic mass is 32.2. The molecular weight excluding hydrogens is 521 g/mol. The van der Waals surface area contributed by atoms with Crippen LogP contribution in [-0.4, -0.2) is 50.9 Å².